The van der Waals surface area contributed by atoms with E-state index in [4.69, 9.17) is 0 Å². The van der Waals surface area contributed by atoms with Crippen molar-refractivity contribution >= 4 is 0 Å². The van der Waals surface area contributed by atoms with Gasteiger partial charge in [0, 0.05) is 0 Å². The molecule has 1 heterocycles. The first-order chi connectivity index (χ1) is 21.9. The van der Waals surface area contributed by atoms with Crippen molar-refractivity contribution in [3.8, 4) is 11.5 Å². The molecule has 0 aliphatic heterocycles. The minimum atomic E-state index is -0.720. The quantitative estimate of drug-likeness (QED) is 0.236. The summed E-state index contributed by atoms with van der Waals surface area (Å²) in [7, 11) is 0. The number of phenols is 2. The molecule has 1 aromatic heterocycles. The number of rotatable bonds is 6. The lowest BCUT2D eigenvalue weighted by molar-refractivity contribution is 0.441. The Morgan fingerprint density at radius 3 is 1.02 bits per heavy atom. The van der Waals surface area contributed by atoms with E-state index < -0.39 is 17.1 Å². The minimum Gasteiger partial charge on any atom is -0.507 e. The van der Waals surface area contributed by atoms with E-state index in [0.717, 1.165) is 36.0 Å². The highest BCUT2D eigenvalue weighted by atomic mass is 16.3. The molecule has 0 amide bonds. The molecule has 4 rings (SSSR count). The zero-order chi connectivity index (χ0) is 36.3. The monoisotopic (exact) mass is 655 g/mol. The smallest absolute Gasteiger partial charge is 0.336 e. The summed E-state index contributed by atoms with van der Waals surface area (Å²) in [6, 6.07) is 11.2. The molecule has 4 aromatic rings. The molecule has 0 bridgehead atoms. The van der Waals surface area contributed by atoms with Gasteiger partial charge >= 0.3 is 17.1 Å². The molecule has 3 aromatic carbocycles. The maximum atomic E-state index is 14.2. The number of hydrogen-bond donors (Lipinski definition) is 2. The summed E-state index contributed by atoms with van der Waals surface area (Å²) in [5, 5.41) is 21.7. The van der Waals surface area contributed by atoms with Gasteiger partial charge in [0.15, 0.2) is 0 Å². The number of nitrogens with zero attached hydrogens (tertiary/aromatic N) is 3. The van der Waals surface area contributed by atoms with E-state index in [1.807, 2.05) is 72.7 Å². The molecule has 0 unspecified atom stereocenters. The van der Waals surface area contributed by atoms with Gasteiger partial charge in [-0.05, 0) is 112 Å². The Hall–Kier alpha value is -4.33. The summed E-state index contributed by atoms with van der Waals surface area (Å²) in [4.78, 5) is 42.6. The predicted octanol–water partition coefficient (Wildman–Crippen LogP) is 6.85. The van der Waals surface area contributed by atoms with E-state index in [2.05, 4.69) is 27.7 Å². The van der Waals surface area contributed by atoms with Crippen LogP contribution in [0, 0.1) is 27.7 Å². The lowest BCUT2D eigenvalue weighted by atomic mass is 9.81. The Labute approximate surface area is 284 Å². The molecule has 8 heteroatoms. The van der Waals surface area contributed by atoms with Gasteiger partial charge in [-0.1, -0.05) is 86.6 Å². The molecule has 0 saturated carbocycles. The molecule has 0 saturated heterocycles. The SMILES string of the molecule is Cc1cc(Cn2c(=O)n(Cc3cc(C)c(O)c(C(C)(C)C)c3)c(=O)n(Cc3cc(C)c(O)c(C(C)(C)C)c3)c2=O)cc(C(C)(C)C)c1C. The number of phenolic OH excluding ortho intramolecular Hbond substituents is 2. The van der Waals surface area contributed by atoms with Crippen molar-refractivity contribution in [1.29, 1.82) is 0 Å². The molecule has 48 heavy (non-hydrogen) atoms. The Balaban J connectivity index is 1.99. The van der Waals surface area contributed by atoms with Crippen molar-refractivity contribution in [2.45, 2.75) is 126 Å². The third kappa shape index (κ3) is 7.23. The van der Waals surface area contributed by atoms with E-state index in [-0.39, 0.29) is 47.4 Å². The highest BCUT2D eigenvalue weighted by Crippen LogP contribution is 2.35. The van der Waals surface area contributed by atoms with Crippen LogP contribution < -0.4 is 17.1 Å². The lowest BCUT2D eigenvalue weighted by Crippen LogP contribution is -2.54. The zero-order valence-corrected chi connectivity index (χ0v) is 31.0. The van der Waals surface area contributed by atoms with Gasteiger partial charge in [0.25, 0.3) is 0 Å². The number of aryl methyl sites for hydroxylation is 3. The minimum absolute atomic E-state index is 0.00810. The van der Waals surface area contributed by atoms with Gasteiger partial charge in [-0.15, -0.1) is 0 Å². The van der Waals surface area contributed by atoms with Crippen LogP contribution in [-0.2, 0) is 35.9 Å². The Bertz CT molecular complexity index is 1810. The molecule has 0 aliphatic carbocycles. The van der Waals surface area contributed by atoms with Gasteiger partial charge < -0.3 is 10.2 Å². The van der Waals surface area contributed by atoms with Crippen LogP contribution in [0.4, 0.5) is 0 Å². The van der Waals surface area contributed by atoms with Crippen molar-refractivity contribution in [2.75, 3.05) is 0 Å². The number of benzene rings is 3. The van der Waals surface area contributed by atoms with Crippen molar-refractivity contribution in [1.82, 2.24) is 13.7 Å². The van der Waals surface area contributed by atoms with Crippen molar-refractivity contribution in [3.63, 3.8) is 0 Å². The van der Waals surface area contributed by atoms with Crippen LogP contribution in [0.1, 0.15) is 118 Å². The maximum Gasteiger partial charge on any atom is 0.336 e. The second-order valence-corrected chi connectivity index (χ2v) is 16.6. The van der Waals surface area contributed by atoms with E-state index in [1.165, 1.54) is 0 Å². The summed E-state index contributed by atoms with van der Waals surface area (Å²) in [5.41, 5.74) is 5.13. The Morgan fingerprint density at radius 2 is 0.729 bits per heavy atom. The predicted molar refractivity (Wildman–Crippen MR) is 194 cm³/mol. The first-order valence-electron chi connectivity index (χ1n) is 16.6. The van der Waals surface area contributed by atoms with Crippen molar-refractivity contribution < 1.29 is 10.2 Å². The van der Waals surface area contributed by atoms with E-state index in [1.54, 1.807) is 26.0 Å². The molecule has 0 spiro atoms. The maximum absolute atomic E-state index is 14.2. The third-order valence-electron chi connectivity index (χ3n) is 9.28. The molecule has 2 N–H and O–H groups in total. The van der Waals surface area contributed by atoms with Gasteiger partial charge in [-0.3, -0.25) is 0 Å². The molecular weight excluding hydrogens is 602 g/mol. The van der Waals surface area contributed by atoms with Crippen LogP contribution in [0.15, 0.2) is 50.8 Å². The molecule has 0 atom stereocenters. The van der Waals surface area contributed by atoms with Gasteiger partial charge in [0.05, 0.1) is 19.6 Å². The number of aromatic nitrogens is 3. The molecule has 0 radical (unpaired) electrons. The zero-order valence-electron chi connectivity index (χ0n) is 31.0. The molecular formula is C40H53N3O5. The summed E-state index contributed by atoms with van der Waals surface area (Å²) < 4.78 is 3.38. The van der Waals surface area contributed by atoms with Crippen molar-refractivity contribution in [2.24, 2.45) is 0 Å². The number of hydrogen-bond acceptors (Lipinski definition) is 5. The second kappa shape index (κ2) is 12.6. The van der Waals surface area contributed by atoms with Crippen LogP contribution in [0.3, 0.4) is 0 Å². The van der Waals surface area contributed by atoms with Crippen LogP contribution in [0.25, 0.3) is 0 Å². The average molecular weight is 656 g/mol. The second-order valence-electron chi connectivity index (χ2n) is 16.6. The van der Waals surface area contributed by atoms with Crippen LogP contribution in [0.2, 0.25) is 0 Å². The molecule has 0 fully saturated rings. The summed E-state index contributed by atoms with van der Waals surface area (Å²) >= 11 is 0. The highest BCUT2D eigenvalue weighted by Gasteiger charge is 2.25. The summed E-state index contributed by atoms with van der Waals surface area (Å²) in [5.74, 6) is 0.366. The Morgan fingerprint density at radius 1 is 0.458 bits per heavy atom. The van der Waals surface area contributed by atoms with Gasteiger partial charge in [-0.25, -0.2) is 28.1 Å². The fourth-order valence-electron chi connectivity index (χ4n) is 6.48. The summed E-state index contributed by atoms with van der Waals surface area (Å²) in [6.07, 6.45) is 0. The van der Waals surface area contributed by atoms with Gasteiger partial charge in [0.1, 0.15) is 11.5 Å². The average Bonchev–Trinajstić information content (AvgIpc) is 2.94. The van der Waals surface area contributed by atoms with Gasteiger partial charge in [0.2, 0.25) is 0 Å². The largest absolute Gasteiger partial charge is 0.507 e. The fourth-order valence-corrected chi connectivity index (χ4v) is 6.48. The molecule has 258 valence electrons. The lowest BCUT2D eigenvalue weighted by Gasteiger charge is -2.24. The van der Waals surface area contributed by atoms with Crippen LogP contribution in [-0.4, -0.2) is 23.9 Å². The van der Waals surface area contributed by atoms with E-state index >= 15 is 0 Å². The topological polar surface area (TPSA) is 106 Å². The van der Waals surface area contributed by atoms with Crippen LogP contribution in [0.5, 0.6) is 11.5 Å². The molecule has 8 nitrogen and oxygen atoms in total. The van der Waals surface area contributed by atoms with E-state index in [9.17, 15) is 24.6 Å². The molecule has 0 aliphatic rings. The van der Waals surface area contributed by atoms with Crippen LogP contribution >= 0.6 is 0 Å². The Kier molecular flexibility index (Phi) is 9.59. The highest BCUT2D eigenvalue weighted by molar-refractivity contribution is 5.48. The first kappa shape index (κ1) is 36.5. The van der Waals surface area contributed by atoms with Gasteiger partial charge in [-0.2, -0.15) is 0 Å². The normalized spacial score (nSPS) is 12.5. The fraction of sp³-hybridized carbons (Fsp3) is 0.475. The third-order valence-corrected chi connectivity index (χ3v) is 9.28. The standard InChI is InChI=1S/C40H53N3O5/c1-23-14-27(17-30(26(23)4)38(5,6)7)20-41-35(46)42(21-28-15-24(2)33(44)31(18-28)39(8,9)10)37(48)43(36(41)47)22-29-16-25(3)34(45)32(19-29)40(11,12)13/h14-19,44-45H,20-22H2,1-13H3. The summed E-state index contributed by atoms with van der Waals surface area (Å²) in [6.45, 7) is 25.9. The first-order valence-corrected chi connectivity index (χ1v) is 16.6. The van der Waals surface area contributed by atoms with E-state index in [0.29, 0.717) is 33.4 Å². The number of aromatic hydroxyl groups is 2. The van der Waals surface area contributed by atoms with Crippen molar-refractivity contribution in [3.05, 3.63) is 123 Å².